The summed E-state index contributed by atoms with van der Waals surface area (Å²) in [4.78, 5) is 0. The Morgan fingerprint density at radius 3 is 2.47 bits per heavy atom. The van der Waals surface area contributed by atoms with E-state index in [4.69, 9.17) is 27.9 Å². The minimum Gasteiger partial charge on any atom is -0.484 e. The van der Waals surface area contributed by atoms with Gasteiger partial charge in [-0.15, -0.1) is 0 Å². The summed E-state index contributed by atoms with van der Waals surface area (Å²) in [7, 11) is 1.89. The summed E-state index contributed by atoms with van der Waals surface area (Å²) in [6, 6.07) is 7.23. The van der Waals surface area contributed by atoms with Crippen molar-refractivity contribution in [3.63, 3.8) is 0 Å². The van der Waals surface area contributed by atoms with Gasteiger partial charge in [-0.1, -0.05) is 29.3 Å². The maximum absolute atomic E-state index is 6.00. The van der Waals surface area contributed by atoms with E-state index in [-0.39, 0.29) is 0 Å². The SMILES string of the molecule is Cc1cc(COc2c(Cl)cccc2Cl)nn1C. The number of nitrogens with zero attached hydrogens (tertiary/aromatic N) is 2. The van der Waals surface area contributed by atoms with Gasteiger partial charge in [0.25, 0.3) is 0 Å². The van der Waals surface area contributed by atoms with Crippen LogP contribution in [0.1, 0.15) is 11.4 Å². The maximum Gasteiger partial charge on any atom is 0.157 e. The zero-order valence-corrected chi connectivity index (χ0v) is 11.1. The second-order valence-electron chi connectivity index (χ2n) is 3.74. The van der Waals surface area contributed by atoms with Crippen molar-refractivity contribution >= 4 is 23.2 Å². The van der Waals surface area contributed by atoms with Crippen LogP contribution in [0, 0.1) is 6.92 Å². The summed E-state index contributed by atoms with van der Waals surface area (Å²) in [5.74, 6) is 0.499. The van der Waals surface area contributed by atoms with E-state index < -0.39 is 0 Å². The zero-order chi connectivity index (χ0) is 12.4. The van der Waals surface area contributed by atoms with Crippen molar-refractivity contribution in [3.05, 3.63) is 45.7 Å². The highest BCUT2D eigenvalue weighted by atomic mass is 35.5. The normalized spacial score (nSPS) is 10.6. The Morgan fingerprint density at radius 1 is 1.29 bits per heavy atom. The number of hydrogen-bond donors (Lipinski definition) is 0. The smallest absolute Gasteiger partial charge is 0.157 e. The number of benzene rings is 1. The summed E-state index contributed by atoms with van der Waals surface area (Å²) >= 11 is 12.0. The van der Waals surface area contributed by atoms with Crippen LogP contribution in [0.4, 0.5) is 0 Å². The average Bonchev–Trinajstić information content (AvgIpc) is 2.58. The van der Waals surface area contributed by atoms with Gasteiger partial charge < -0.3 is 4.74 Å². The molecule has 90 valence electrons. The predicted molar refractivity (Wildman–Crippen MR) is 68.7 cm³/mol. The van der Waals surface area contributed by atoms with Crippen LogP contribution in [0.15, 0.2) is 24.3 Å². The van der Waals surface area contributed by atoms with Gasteiger partial charge in [-0.3, -0.25) is 4.68 Å². The molecule has 0 atom stereocenters. The Kier molecular flexibility index (Phi) is 3.60. The minimum absolute atomic E-state index is 0.352. The molecule has 17 heavy (non-hydrogen) atoms. The molecule has 2 rings (SSSR count). The summed E-state index contributed by atoms with van der Waals surface area (Å²) in [5.41, 5.74) is 1.93. The van der Waals surface area contributed by atoms with Gasteiger partial charge in [0, 0.05) is 12.7 Å². The van der Waals surface area contributed by atoms with Crippen molar-refractivity contribution < 1.29 is 4.74 Å². The van der Waals surface area contributed by atoms with E-state index in [9.17, 15) is 0 Å². The number of ether oxygens (including phenoxy) is 1. The molecule has 0 aliphatic heterocycles. The van der Waals surface area contributed by atoms with Crippen LogP contribution in [0.3, 0.4) is 0 Å². The van der Waals surface area contributed by atoms with Crippen molar-refractivity contribution in [2.75, 3.05) is 0 Å². The fraction of sp³-hybridized carbons (Fsp3) is 0.250. The van der Waals surface area contributed by atoms with Crippen molar-refractivity contribution in [2.24, 2.45) is 7.05 Å². The van der Waals surface area contributed by atoms with Crippen LogP contribution >= 0.6 is 23.2 Å². The second kappa shape index (κ2) is 4.98. The number of halogens is 2. The van der Waals surface area contributed by atoms with Gasteiger partial charge in [0.1, 0.15) is 12.3 Å². The fourth-order valence-electron chi connectivity index (χ4n) is 1.47. The molecule has 0 bridgehead atoms. The van der Waals surface area contributed by atoms with Gasteiger partial charge in [0.2, 0.25) is 0 Å². The van der Waals surface area contributed by atoms with Gasteiger partial charge >= 0.3 is 0 Å². The third-order valence-electron chi connectivity index (χ3n) is 2.45. The first-order valence-electron chi connectivity index (χ1n) is 5.14. The summed E-state index contributed by atoms with van der Waals surface area (Å²) in [6.07, 6.45) is 0. The van der Waals surface area contributed by atoms with Gasteiger partial charge in [-0.2, -0.15) is 5.10 Å². The van der Waals surface area contributed by atoms with Crippen LogP contribution in [0.25, 0.3) is 0 Å². The van der Waals surface area contributed by atoms with E-state index >= 15 is 0 Å². The van der Waals surface area contributed by atoms with Crippen molar-refractivity contribution in [3.8, 4) is 5.75 Å². The zero-order valence-electron chi connectivity index (χ0n) is 9.58. The average molecular weight is 271 g/mol. The molecule has 0 spiro atoms. The highest BCUT2D eigenvalue weighted by Crippen LogP contribution is 2.32. The van der Waals surface area contributed by atoms with E-state index in [1.165, 1.54) is 0 Å². The van der Waals surface area contributed by atoms with Gasteiger partial charge in [-0.05, 0) is 25.1 Å². The lowest BCUT2D eigenvalue weighted by Gasteiger charge is -2.07. The Labute approximate surface area is 110 Å². The molecule has 5 heteroatoms. The highest BCUT2D eigenvalue weighted by molar-refractivity contribution is 6.37. The lowest BCUT2D eigenvalue weighted by atomic mass is 10.3. The highest BCUT2D eigenvalue weighted by Gasteiger charge is 2.08. The quantitative estimate of drug-likeness (QED) is 0.852. The van der Waals surface area contributed by atoms with Crippen LogP contribution in [-0.2, 0) is 13.7 Å². The molecular formula is C12H12Cl2N2O. The number of hydrogen-bond acceptors (Lipinski definition) is 2. The Hall–Kier alpha value is -1.19. The van der Waals surface area contributed by atoms with Gasteiger partial charge in [0.05, 0.1) is 10.0 Å². The molecule has 0 unspecified atom stereocenters. The van der Waals surface area contributed by atoms with E-state index in [0.29, 0.717) is 22.4 Å². The third-order valence-corrected chi connectivity index (χ3v) is 3.04. The Balaban J connectivity index is 2.12. The first-order valence-corrected chi connectivity index (χ1v) is 5.90. The lowest BCUT2D eigenvalue weighted by Crippen LogP contribution is -1.99. The third kappa shape index (κ3) is 2.73. The summed E-state index contributed by atoms with van der Waals surface area (Å²) in [5, 5.41) is 5.30. The lowest BCUT2D eigenvalue weighted by molar-refractivity contribution is 0.300. The predicted octanol–water partition coefficient (Wildman–Crippen LogP) is 3.61. The molecule has 3 nitrogen and oxygen atoms in total. The molecule has 1 heterocycles. The number of aromatic nitrogens is 2. The molecule has 0 saturated carbocycles. The second-order valence-corrected chi connectivity index (χ2v) is 4.55. The van der Waals surface area contributed by atoms with Crippen LogP contribution in [-0.4, -0.2) is 9.78 Å². The molecular weight excluding hydrogens is 259 g/mol. The van der Waals surface area contributed by atoms with E-state index in [2.05, 4.69) is 5.10 Å². The van der Waals surface area contributed by atoms with E-state index in [1.807, 2.05) is 20.0 Å². The molecule has 0 fully saturated rings. The minimum atomic E-state index is 0.352. The number of rotatable bonds is 3. The molecule has 0 saturated heterocycles. The van der Waals surface area contributed by atoms with Crippen molar-refractivity contribution in [1.29, 1.82) is 0 Å². The molecule has 1 aromatic heterocycles. The van der Waals surface area contributed by atoms with Crippen LogP contribution in [0.2, 0.25) is 10.0 Å². The fourth-order valence-corrected chi connectivity index (χ4v) is 1.98. The Bertz CT molecular complexity index is 498. The first-order chi connectivity index (χ1) is 8.08. The van der Waals surface area contributed by atoms with Crippen LogP contribution < -0.4 is 4.74 Å². The van der Waals surface area contributed by atoms with E-state index in [0.717, 1.165) is 11.4 Å². The topological polar surface area (TPSA) is 27.1 Å². The molecule has 0 radical (unpaired) electrons. The molecule has 2 aromatic rings. The summed E-state index contributed by atoms with van der Waals surface area (Å²) in [6.45, 7) is 2.34. The Morgan fingerprint density at radius 2 is 1.94 bits per heavy atom. The first kappa shape index (κ1) is 12.3. The van der Waals surface area contributed by atoms with E-state index in [1.54, 1.807) is 22.9 Å². The number of para-hydroxylation sites is 1. The van der Waals surface area contributed by atoms with Crippen LogP contribution in [0.5, 0.6) is 5.75 Å². The largest absolute Gasteiger partial charge is 0.484 e. The monoisotopic (exact) mass is 270 g/mol. The van der Waals surface area contributed by atoms with Gasteiger partial charge in [0.15, 0.2) is 5.75 Å². The standard InChI is InChI=1S/C12H12Cl2N2O/c1-8-6-9(15-16(8)2)7-17-12-10(13)4-3-5-11(12)14/h3-6H,7H2,1-2H3. The molecule has 0 amide bonds. The molecule has 0 aliphatic rings. The van der Waals surface area contributed by atoms with Crippen molar-refractivity contribution in [1.82, 2.24) is 9.78 Å². The maximum atomic E-state index is 6.00. The summed E-state index contributed by atoms with van der Waals surface area (Å²) < 4.78 is 7.38. The molecule has 0 N–H and O–H groups in total. The van der Waals surface area contributed by atoms with Crippen molar-refractivity contribution in [2.45, 2.75) is 13.5 Å². The molecule has 0 aliphatic carbocycles. The van der Waals surface area contributed by atoms with Gasteiger partial charge in [-0.25, -0.2) is 0 Å². The molecule has 1 aromatic carbocycles. The number of aryl methyl sites for hydroxylation is 2.